The van der Waals surface area contributed by atoms with Gasteiger partial charge in [-0.15, -0.1) is 0 Å². The molecule has 0 saturated carbocycles. The van der Waals surface area contributed by atoms with Crippen LogP contribution in [0.25, 0.3) is 6.08 Å². The summed E-state index contributed by atoms with van der Waals surface area (Å²) in [6.07, 6.45) is 3.91. The van der Waals surface area contributed by atoms with Gasteiger partial charge in [0, 0.05) is 26.2 Å². The molecule has 3 rings (SSSR count). The zero-order chi connectivity index (χ0) is 21.2. The number of amides is 1. The lowest BCUT2D eigenvalue weighted by atomic mass is 10.2. The summed E-state index contributed by atoms with van der Waals surface area (Å²) in [7, 11) is 1.59. The third-order valence-corrected chi connectivity index (χ3v) is 4.90. The molecule has 1 fully saturated rings. The quantitative estimate of drug-likeness (QED) is 0.688. The number of nitrogens with zero attached hydrogens (tertiary/aromatic N) is 1. The average molecular weight is 411 g/mol. The lowest BCUT2D eigenvalue weighted by Crippen LogP contribution is -2.47. The van der Waals surface area contributed by atoms with E-state index < -0.39 is 0 Å². The number of hydrogen-bond acceptors (Lipinski definition) is 5. The van der Waals surface area contributed by atoms with Crippen LogP contribution < -0.4 is 14.8 Å². The summed E-state index contributed by atoms with van der Waals surface area (Å²) in [5.74, 6) is 0.966. The first-order valence-corrected chi connectivity index (χ1v) is 10.3. The van der Waals surface area contributed by atoms with Crippen LogP contribution in [0.15, 0.2) is 54.6 Å². The summed E-state index contributed by atoms with van der Waals surface area (Å²) in [4.78, 5) is 14.6. The van der Waals surface area contributed by atoms with Gasteiger partial charge in [0.15, 0.2) is 18.1 Å². The van der Waals surface area contributed by atoms with E-state index in [1.54, 1.807) is 7.11 Å². The molecule has 1 unspecified atom stereocenters. The Morgan fingerprint density at radius 2 is 2.07 bits per heavy atom. The van der Waals surface area contributed by atoms with Crippen molar-refractivity contribution < 1.29 is 19.0 Å². The number of carbonyl (C=O) groups is 1. The molecular weight excluding hydrogens is 380 g/mol. The SMILES string of the molecule is CC=Cc1ccc(OCC(=O)NCC2CN(Cc3ccccc3)CCO2)c(OC)c1. The van der Waals surface area contributed by atoms with Crippen LogP contribution in [-0.4, -0.2) is 56.9 Å². The van der Waals surface area contributed by atoms with E-state index >= 15 is 0 Å². The molecular formula is C24H30N2O4. The van der Waals surface area contributed by atoms with Gasteiger partial charge in [-0.3, -0.25) is 9.69 Å². The third kappa shape index (κ3) is 6.61. The smallest absolute Gasteiger partial charge is 0.258 e. The standard InChI is InChI=1S/C24H30N2O4/c1-3-7-19-10-11-22(23(14-19)28-2)30-18-24(27)25-15-21-17-26(12-13-29-21)16-20-8-5-4-6-9-20/h3-11,14,21H,12-13,15-18H2,1-2H3,(H,25,27). The summed E-state index contributed by atoms with van der Waals surface area (Å²) >= 11 is 0. The normalized spacial score (nSPS) is 17.1. The molecule has 6 nitrogen and oxygen atoms in total. The van der Waals surface area contributed by atoms with Crippen LogP contribution in [-0.2, 0) is 16.1 Å². The molecule has 2 aromatic carbocycles. The zero-order valence-corrected chi connectivity index (χ0v) is 17.7. The van der Waals surface area contributed by atoms with Crippen molar-refractivity contribution in [2.45, 2.75) is 19.6 Å². The van der Waals surface area contributed by atoms with Crippen molar-refractivity contribution in [3.8, 4) is 11.5 Å². The summed E-state index contributed by atoms with van der Waals surface area (Å²) in [6, 6.07) is 16.0. The molecule has 0 spiro atoms. The van der Waals surface area contributed by atoms with Crippen LogP contribution in [0.2, 0.25) is 0 Å². The number of morpholine rings is 1. The van der Waals surface area contributed by atoms with Crippen molar-refractivity contribution in [3.63, 3.8) is 0 Å². The lowest BCUT2D eigenvalue weighted by molar-refractivity contribution is -0.124. The maximum atomic E-state index is 12.2. The minimum Gasteiger partial charge on any atom is -0.493 e. The summed E-state index contributed by atoms with van der Waals surface area (Å²) in [5, 5.41) is 2.91. The number of carbonyl (C=O) groups excluding carboxylic acids is 1. The Labute approximate surface area is 178 Å². The van der Waals surface area contributed by atoms with Crippen molar-refractivity contribution >= 4 is 12.0 Å². The molecule has 160 valence electrons. The number of benzene rings is 2. The van der Waals surface area contributed by atoms with Crippen molar-refractivity contribution in [2.75, 3.05) is 40.0 Å². The van der Waals surface area contributed by atoms with E-state index in [0.29, 0.717) is 24.7 Å². The Bertz CT molecular complexity index is 838. The molecule has 1 N–H and O–H groups in total. The first kappa shape index (κ1) is 21.9. The molecule has 1 aliphatic rings. The Balaban J connectivity index is 1.43. The maximum Gasteiger partial charge on any atom is 0.258 e. The molecule has 6 heteroatoms. The number of nitrogens with one attached hydrogen (secondary N) is 1. The first-order chi connectivity index (χ1) is 14.7. The summed E-state index contributed by atoms with van der Waals surface area (Å²) in [5.41, 5.74) is 2.30. The van der Waals surface area contributed by atoms with E-state index in [1.807, 2.05) is 43.3 Å². The number of allylic oxidation sites excluding steroid dienone is 1. The van der Waals surface area contributed by atoms with Crippen LogP contribution in [0.3, 0.4) is 0 Å². The summed E-state index contributed by atoms with van der Waals surface area (Å²) < 4.78 is 16.8. The monoisotopic (exact) mass is 410 g/mol. The van der Waals surface area contributed by atoms with Crippen molar-refractivity contribution in [2.24, 2.45) is 0 Å². The highest BCUT2D eigenvalue weighted by molar-refractivity contribution is 5.77. The van der Waals surface area contributed by atoms with E-state index in [2.05, 4.69) is 34.5 Å². The molecule has 1 atom stereocenters. The molecule has 1 aliphatic heterocycles. The number of ether oxygens (including phenoxy) is 3. The lowest BCUT2D eigenvalue weighted by Gasteiger charge is -2.33. The molecule has 30 heavy (non-hydrogen) atoms. The fourth-order valence-electron chi connectivity index (χ4n) is 3.41. The summed E-state index contributed by atoms with van der Waals surface area (Å²) in [6.45, 7) is 5.59. The van der Waals surface area contributed by atoms with Crippen molar-refractivity contribution in [1.82, 2.24) is 10.2 Å². The molecule has 1 amide bonds. The van der Waals surface area contributed by atoms with E-state index in [1.165, 1.54) is 5.56 Å². The molecule has 0 bridgehead atoms. The second-order valence-electron chi connectivity index (χ2n) is 7.22. The second-order valence-corrected chi connectivity index (χ2v) is 7.22. The van der Waals surface area contributed by atoms with Gasteiger partial charge in [0.2, 0.25) is 0 Å². The van der Waals surface area contributed by atoms with Gasteiger partial charge in [0.05, 0.1) is 19.8 Å². The Kier molecular flexibility index (Phi) is 8.30. The van der Waals surface area contributed by atoms with E-state index in [0.717, 1.165) is 25.2 Å². The molecule has 0 aliphatic carbocycles. The Morgan fingerprint density at radius 1 is 1.23 bits per heavy atom. The topological polar surface area (TPSA) is 60.0 Å². The molecule has 0 radical (unpaired) electrons. The predicted octanol–water partition coefficient (Wildman–Crippen LogP) is 3.12. The molecule has 1 saturated heterocycles. The second kappa shape index (κ2) is 11.4. The van der Waals surface area contributed by atoms with E-state index in [4.69, 9.17) is 14.2 Å². The third-order valence-electron chi connectivity index (χ3n) is 4.90. The first-order valence-electron chi connectivity index (χ1n) is 10.3. The molecule has 2 aromatic rings. The van der Waals surface area contributed by atoms with Gasteiger partial charge in [0.1, 0.15) is 0 Å². The number of hydrogen-bond donors (Lipinski definition) is 1. The minimum atomic E-state index is -0.182. The average Bonchev–Trinajstić information content (AvgIpc) is 2.78. The minimum absolute atomic E-state index is 0.0268. The maximum absolute atomic E-state index is 12.2. The van der Waals surface area contributed by atoms with Crippen LogP contribution in [0.5, 0.6) is 11.5 Å². The van der Waals surface area contributed by atoms with Crippen LogP contribution in [0, 0.1) is 0 Å². The van der Waals surface area contributed by atoms with Crippen LogP contribution >= 0.6 is 0 Å². The van der Waals surface area contributed by atoms with Crippen LogP contribution in [0.1, 0.15) is 18.1 Å². The fraction of sp³-hybridized carbons (Fsp3) is 0.375. The number of rotatable bonds is 9. The van der Waals surface area contributed by atoms with Gasteiger partial charge in [-0.1, -0.05) is 48.6 Å². The molecule has 0 aromatic heterocycles. The van der Waals surface area contributed by atoms with Gasteiger partial charge in [-0.2, -0.15) is 0 Å². The van der Waals surface area contributed by atoms with Crippen molar-refractivity contribution in [1.29, 1.82) is 0 Å². The van der Waals surface area contributed by atoms with E-state index in [-0.39, 0.29) is 18.6 Å². The van der Waals surface area contributed by atoms with Gasteiger partial charge in [0.25, 0.3) is 5.91 Å². The fourth-order valence-corrected chi connectivity index (χ4v) is 3.41. The highest BCUT2D eigenvalue weighted by Gasteiger charge is 2.21. The van der Waals surface area contributed by atoms with Gasteiger partial charge < -0.3 is 19.5 Å². The van der Waals surface area contributed by atoms with Crippen molar-refractivity contribution in [3.05, 3.63) is 65.7 Å². The van der Waals surface area contributed by atoms with Gasteiger partial charge in [-0.25, -0.2) is 0 Å². The van der Waals surface area contributed by atoms with Gasteiger partial charge >= 0.3 is 0 Å². The predicted molar refractivity (Wildman–Crippen MR) is 118 cm³/mol. The Hall–Kier alpha value is -2.83. The number of methoxy groups -OCH3 is 1. The Morgan fingerprint density at radius 3 is 2.83 bits per heavy atom. The van der Waals surface area contributed by atoms with Gasteiger partial charge in [-0.05, 0) is 30.2 Å². The zero-order valence-electron chi connectivity index (χ0n) is 17.7. The molecule has 1 heterocycles. The largest absolute Gasteiger partial charge is 0.493 e. The van der Waals surface area contributed by atoms with E-state index in [9.17, 15) is 4.79 Å². The highest BCUT2D eigenvalue weighted by atomic mass is 16.5. The highest BCUT2D eigenvalue weighted by Crippen LogP contribution is 2.28. The van der Waals surface area contributed by atoms with Crippen LogP contribution in [0.4, 0.5) is 0 Å².